The lowest BCUT2D eigenvalue weighted by atomic mass is 10.0. The minimum absolute atomic E-state index is 0.0875. The van der Waals surface area contributed by atoms with Gasteiger partial charge in [-0.3, -0.25) is 9.59 Å². The molecule has 1 aromatic rings. The number of halogens is 1. The molecule has 2 atom stereocenters. The molecule has 2 rings (SSSR count). The quantitative estimate of drug-likeness (QED) is 0.609. The third kappa shape index (κ3) is 6.62. The van der Waals surface area contributed by atoms with E-state index < -0.39 is 18.0 Å². The zero-order valence-corrected chi connectivity index (χ0v) is 14.7. The van der Waals surface area contributed by atoms with E-state index in [0.717, 1.165) is 12.8 Å². The van der Waals surface area contributed by atoms with Gasteiger partial charge in [0.15, 0.2) is 6.61 Å². The molecule has 1 aliphatic carbocycles. The molecule has 7 nitrogen and oxygen atoms in total. The lowest BCUT2D eigenvalue weighted by Crippen LogP contribution is -2.38. The zero-order valence-electron chi connectivity index (χ0n) is 14.0. The first-order chi connectivity index (χ1) is 11.8. The molecule has 0 radical (unpaired) electrons. The molecule has 1 saturated carbocycles. The van der Waals surface area contributed by atoms with Crippen LogP contribution in [0.5, 0.6) is 0 Å². The summed E-state index contributed by atoms with van der Waals surface area (Å²) in [4.78, 5) is 34.9. The predicted octanol–water partition coefficient (Wildman–Crippen LogP) is 1.90. The Bertz CT molecular complexity index is 631. The molecule has 1 aromatic carbocycles. The molecular weight excluding hydrogens is 346 g/mol. The summed E-state index contributed by atoms with van der Waals surface area (Å²) in [5.41, 5.74) is 5.81. The number of esters is 1. The number of benzene rings is 1. The number of ether oxygens (including phenoxy) is 1. The van der Waals surface area contributed by atoms with Gasteiger partial charge in [-0.15, -0.1) is 0 Å². The van der Waals surface area contributed by atoms with Crippen LogP contribution < -0.4 is 16.4 Å². The van der Waals surface area contributed by atoms with Gasteiger partial charge in [0.05, 0.1) is 12.5 Å². The smallest absolute Gasteiger partial charge is 0.312 e. The van der Waals surface area contributed by atoms with Gasteiger partial charge in [-0.2, -0.15) is 0 Å². The van der Waals surface area contributed by atoms with Gasteiger partial charge in [-0.05, 0) is 43.4 Å². The van der Waals surface area contributed by atoms with Crippen LogP contribution in [0.25, 0.3) is 0 Å². The summed E-state index contributed by atoms with van der Waals surface area (Å²) < 4.78 is 4.99. The first-order valence-electron chi connectivity index (χ1n) is 8.11. The second-order valence-corrected chi connectivity index (χ2v) is 6.61. The Labute approximate surface area is 151 Å². The first-order valence-corrected chi connectivity index (χ1v) is 8.49. The number of amides is 3. The van der Waals surface area contributed by atoms with Crippen LogP contribution in [0.3, 0.4) is 0 Å². The number of rotatable bonds is 8. The fraction of sp³-hybridized carbons (Fsp3) is 0.471. The summed E-state index contributed by atoms with van der Waals surface area (Å²) in [5, 5.41) is 5.82. The van der Waals surface area contributed by atoms with Gasteiger partial charge in [0.2, 0.25) is 0 Å². The monoisotopic (exact) mass is 367 g/mol. The van der Waals surface area contributed by atoms with Gasteiger partial charge in [0.25, 0.3) is 5.91 Å². The molecule has 1 aliphatic rings. The molecule has 0 saturated heterocycles. The molecule has 0 bridgehead atoms. The van der Waals surface area contributed by atoms with E-state index in [4.69, 9.17) is 22.1 Å². The molecule has 4 N–H and O–H groups in total. The van der Waals surface area contributed by atoms with Gasteiger partial charge in [0, 0.05) is 11.1 Å². The molecule has 0 unspecified atom stereocenters. The van der Waals surface area contributed by atoms with Crippen molar-refractivity contribution in [3.8, 4) is 0 Å². The van der Waals surface area contributed by atoms with Crippen molar-refractivity contribution < 1.29 is 19.1 Å². The van der Waals surface area contributed by atoms with Crippen LogP contribution in [0.4, 0.5) is 4.79 Å². The van der Waals surface area contributed by atoms with Crippen molar-refractivity contribution in [1.82, 2.24) is 10.6 Å². The molecule has 3 amide bonds. The van der Waals surface area contributed by atoms with Crippen molar-refractivity contribution in [2.45, 2.75) is 38.3 Å². The van der Waals surface area contributed by atoms with E-state index in [9.17, 15) is 14.4 Å². The summed E-state index contributed by atoms with van der Waals surface area (Å²) >= 11 is 5.83. The summed E-state index contributed by atoms with van der Waals surface area (Å²) in [6.07, 6.45) is 2.08. The Hall–Kier alpha value is -2.28. The lowest BCUT2D eigenvalue weighted by Gasteiger charge is -2.18. The van der Waals surface area contributed by atoms with E-state index in [1.165, 1.54) is 0 Å². The highest BCUT2D eigenvalue weighted by Crippen LogP contribution is 2.32. The highest BCUT2D eigenvalue weighted by molar-refractivity contribution is 6.30. The molecule has 0 aromatic heterocycles. The zero-order chi connectivity index (χ0) is 18.4. The van der Waals surface area contributed by atoms with Gasteiger partial charge in [-0.25, -0.2) is 4.79 Å². The standard InChI is InChI=1S/C17H22ClN3O4/c1-10(11-2-3-11)20-15(22)9-25-16(23)8-14(21-17(19)24)12-4-6-13(18)7-5-12/h4-7,10-11,14H,2-3,8-9H2,1H3,(H,20,22)(H3,19,21,24)/t10-,14+/m1/s1. The highest BCUT2D eigenvalue weighted by atomic mass is 35.5. The summed E-state index contributed by atoms with van der Waals surface area (Å²) in [6.45, 7) is 1.59. The predicted molar refractivity (Wildman–Crippen MR) is 92.8 cm³/mol. The fourth-order valence-corrected chi connectivity index (χ4v) is 2.63. The Morgan fingerprint density at radius 2 is 1.88 bits per heavy atom. The van der Waals surface area contributed by atoms with Crippen molar-refractivity contribution in [3.63, 3.8) is 0 Å². The third-order valence-electron chi connectivity index (χ3n) is 4.04. The molecular formula is C17H22ClN3O4. The van der Waals surface area contributed by atoms with E-state index in [1.807, 2.05) is 6.92 Å². The normalized spacial score (nSPS) is 15.8. The fourth-order valence-electron chi connectivity index (χ4n) is 2.50. The van der Waals surface area contributed by atoms with Crippen LogP contribution in [0.1, 0.15) is 37.8 Å². The number of carbonyl (C=O) groups excluding carboxylic acids is 3. The van der Waals surface area contributed by atoms with E-state index in [-0.39, 0.29) is 25.0 Å². The van der Waals surface area contributed by atoms with Crippen LogP contribution in [0, 0.1) is 5.92 Å². The SMILES string of the molecule is C[C@@H](NC(=O)COC(=O)C[C@H](NC(N)=O)c1ccc(Cl)cc1)C1CC1. The van der Waals surface area contributed by atoms with Gasteiger partial charge in [-0.1, -0.05) is 23.7 Å². The number of primary amides is 1. The minimum Gasteiger partial charge on any atom is -0.456 e. The van der Waals surface area contributed by atoms with E-state index in [1.54, 1.807) is 24.3 Å². The largest absolute Gasteiger partial charge is 0.456 e. The van der Waals surface area contributed by atoms with Crippen LogP contribution in [0.2, 0.25) is 5.02 Å². The summed E-state index contributed by atoms with van der Waals surface area (Å²) in [7, 11) is 0. The topological polar surface area (TPSA) is 111 Å². The number of nitrogens with two attached hydrogens (primary N) is 1. The van der Waals surface area contributed by atoms with Crippen LogP contribution in [-0.4, -0.2) is 30.6 Å². The Balaban J connectivity index is 1.84. The maximum atomic E-state index is 12.0. The third-order valence-corrected chi connectivity index (χ3v) is 4.29. The Morgan fingerprint density at radius 3 is 2.44 bits per heavy atom. The molecule has 0 aliphatic heterocycles. The number of carbonyl (C=O) groups is 3. The average Bonchev–Trinajstić information content (AvgIpc) is 3.37. The summed E-state index contributed by atoms with van der Waals surface area (Å²) in [6, 6.07) is 5.32. The van der Waals surface area contributed by atoms with Crippen molar-refractivity contribution >= 4 is 29.5 Å². The molecule has 0 spiro atoms. The number of hydrogen-bond acceptors (Lipinski definition) is 4. The first kappa shape index (κ1) is 19.1. The van der Waals surface area contributed by atoms with Gasteiger partial charge >= 0.3 is 12.0 Å². The van der Waals surface area contributed by atoms with E-state index >= 15 is 0 Å². The molecule has 1 fully saturated rings. The van der Waals surface area contributed by atoms with Crippen molar-refractivity contribution in [2.75, 3.05) is 6.61 Å². The molecule has 8 heteroatoms. The summed E-state index contributed by atoms with van der Waals surface area (Å²) in [5.74, 6) is -0.421. The number of hydrogen-bond donors (Lipinski definition) is 3. The van der Waals surface area contributed by atoms with Crippen LogP contribution >= 0.6 is 11.6 Å². The second kappa shape index (κ2) is 8.71. The van der Waals surface area contributed by atoms with Gasteiger partial charge in [0.1, 0.15) is 0 Å². The van der Waals surface area contributed by atoms with Crippen LogP contribution in [0.15, 0.2) is 24.3 Å². The lowest BCUT2D eigenvalue weighted by molar-refractivity contribution is -0.149. The van der Waals surface area contributed by atoms with Crippen molar-refractivity contribution in [2.24, 2.45) is 11.7 Å². The maximum Gasteiger partial charge on any atom is 0.312 e. The molecule has 0 heterocycles. The second-order valence-electron chi connectivity index (χ2n) is 6.17. The average molecular weight is 368 g/mol. The Morgan fingerprint density at radius 1 is 1.24 bits per heavy atom. The van der Waals surface area contributed by atoms with Crippen molar-refractivity contribution in [1.29, 1.82) is 0 Å². The number of urea groups is 1. The van der Waals surface area contributed by atoms with Gasteiger partial charge < -0.3 is 21.1 Å². The van der Waals surface area contributed by atoms with E-state index in [0.29, 0.717) is 16.5 Å². The highest BCUT2D eigenvalue weighted by Gasteiger charge is 2.29. The maximum absolute atomic E-state index is 12.0. The Kier molecular flexibility index (Phi) is 6.64. The molecule has 25 heavy (non-hydrogen) atoms. The number of nitrogens with one attached hydrogen (secondary N) is 2. The molecule has 136 valence electrons. The van der Waals surface area contributed by atoms with E-state index in [2.05, 4.69) is 10.6 Å². The van der Waals surface area contributed by atoms with Crippen LogP contribution in [-0.2, 0) is 14.3 Å². The minimum atomic E-state index is -0.760. The van der Waals surface area contributed by atoms with Crippen molar-refractivity contribution in [3.05, 3.63) is 34.9 Å².